The molecule has 4 aliphatic rings. The molecule has 0 unspecified atom stereocenters. The summed E-state index contributed by atoms with van der Waals surface area (Å²) in [6.45, 7) is 0.0315. The molecule has 8 aromatic carbocycles. The molecule has 5 heterocycles. The van der Waals surface area contributed by atoms with Gasteiger partial charge in [-0.3, -0.25) is 0 Å². The molecule has 0 N–H and O–H groups in total. The summed E-state index contributed by atoms with van der Waals surface area (Å²) in [5.74, 6) is 1.85. The Morgan fingerprint density at radius 3 is 1.83 bits per heavy atom. The molecule has 0 radical (unpaired) electrons. The second-order valence-electron chi connectivity index (χ2n) is 14.8. The number of benzene rings is 8. The number of fused-ring (bicyclic) bond motifs is 12. The van der Waals surface area contributed by atoms with Crippen LogP contribution in [0.3, 0.4) is 0 Å². The molecule has 4 nitrogen and oxygen atoms in total. The van der Waals surface area contributed by atoms with Crippen LogP contribution in [0.25, 0.3) is 27.5 Å². The van der Waals surface area contributed by atoms with Gasteiger partial charge in [-0.2, -0.15) is 0 Å². The number of nitrogens with zero attached hydrogens (tertiary/aromatic N) is 3. The third-order valence-electron chi connectivity index (χ3n) is 12.2. The van der Waals surface area contributed by atoms with Gasteiger partial charge in [-0.15, -0.1) is 0 Å². The van der Waals surface area contributed by atoms with E-state index < -0.39 is 0 Å². The Morgan fingerprint density at radius 1 is 0.407 bits per heavy atom. The molecule has 0 bridgehead atoms. The predicted molar refractivity (Wildman–Crippen MR) is 226 cm³/mol. The maximum absolute atomic E-state index is 6.73. The Hall–Kier alpha value is -6.91. The van der Waals surface area contributed by atoms with Gasteiger partial charge >= 0.3 is 0 Å². The average Bonchev–Trinajstić information content (AvgIpc) is 3.58. The van der Waals surface area contributed by atoms with Crippen LogP contribution in [-0.2, 0) is 0 Å². The zero-order chi connectivity index (χ0) is 35.1. The second-order valence-corrected chi connectivity index (χ2v) is 14.8. The van der Waals surface area contributed by atoms with Gasteiger partial charge in [0.1, 0.15) is 11.5 Å². The van der Waals surface area contributed by atoms with E-state index in [2.05, 4.69) is 190 Å². The Kier molecular flexibility index (Phi) is 5.50. The lowest BCUT2D eigenvalue weighted by Gasteiger charge is -2.43. The number of hydrogen-bond donors (Lipinski definition) is 0. The zero-order valence-corrected chi connectivity index (χ0v) is 29.1. The number of anilines is 6. The summed E-state index contributed by atoms with van der Waals surface area (Å²) >= 11 is 0. The van der Waals surface area contributed by atoms with Gasteiger partial charge in [0.25, 0.3) is 13.4 Å². The lowest BCUT2D eigenvalue weighted by molar-refractivity contribution is 0.487. The van der Waals surface area contributed by atoms with Crippen molar-refractivity contribution in [2.75, 3.05) is 9.80 Å². The molecular formula is C48H29B2N3O. The van der Waals surface area contributed by atoms with E-state index in [1.165, 1.54) is 77.3 Å². The fourth-order valence-electron chi connectivity index (χ4n) is 10.2. The topological polar surface area (TPSA) is 20.6 Å². The monoisotopic (exact) mass is 685 g/mol. The first-order valence-corrected chi connectivity index (χ1v) is 18.8. The number of hydrogen-bond acceptors (Lipinski definition) is 3. The minimum atomic E-state index is -0.00448. The Balaban J connectivity index is 1.23. The van der Waals surface area contributed by atoms with Crippen LogP contribution < -0.4 is 47.3 Å². The zero-order valence-electron chi connectivity index (χ0n) is 29.1. The van der Waals surface area contributed by atoms with Gasteiger partial charge in [-0.05, 0) is 99.5 Å². The highest BCUT2D eigenvalue weighted by Gasteiger charge is 2.47. The standard InChI is InChI=1S/C48H29B2N3O/c1-3-15-30(16-4-1)51-38-23-11-8-20-33(38)49-36-29-35-47(44-32-19-7-10-22-37(32)53(48(36)44)40-25-13-24-39(51)45(40)49)52(31-17-5-2-6-18-31)41-26-14-28-43-46(41)50(35)34-21-9-12-27-42(34)54-43/h1-29H. The van der Waals surface area contributed by atoms with Crippen LogP contribution in [0, 0.1) is 0 Å². The molecule has 0 fully saturated rings. The number of rotatable bonds is 2. The molecule has 248 valence electrons. The van der Waals surface area contributed by atoms with Crippen LogP contribution in [0.2, 0.25) is 0 Å². The molecule has 1 aromatic heterocycles. The van der Waals surface area contributed by atoms with Crippen LogP contribution >= 0.6 is 0 Å². The van der Waals surface area contributed by atoms with Crippen LogP contribution in [0.4, 0.5) is 34.1 Å². The maximum atomic E-state index is 6.73. The van der Waals surface area contributed by atoms with E-state index in [0.29, 0.717) is 0 Å². The van der Waals surface area contributed by atoms with Crippen LogP contribution in [0.15, 0.2) is 176 Å². The average molecular weight is 685 g/mol. The third-order valence-corrected chi connectivity index (χ3v) is 12.2. The third kappa shape index (κ3) is 3.51. The van der Waals surface area contributed by atoms with Crippen LogP contribution in [-0.4, -0.2) is 18.0 Å². The van der Waals surface area contributed by atoms with E-state index in [4.69, 9.17) is 4.74 Å². The fourth-order valence-corrected chi connectivity index (χ4v) is 10.2. The molecule has 6 heteroatoms. The molecule has 4 aliphatic heterocycles. The van der Waals surface area contributed by atoms with Gasteiger partial charge in [-0.25, -0.2) is 0 Å². The lowest BCUT2D eigenvalue weighted by atomic mass is 9.30. The number of ether oxygens (including phenoxy) is 1. The van der Waals surface area contributed by atoms with Crippen molar-refractivity contribution in [3.63, 3.8) is 0 Å². The highest BCUT2D eigenvalue weighted by Crippen LogP contribution is 2.48. The minimum absolute atomic E-state index is 0.00448. The van der Waals surface area contributed by atoms with Crippen molar-refractivity contribution < 1.29 is 4.74 Å². The number of aromatic nitrogens is 1. The van der Waals surface area contributed by atoms with Crippen molar-refractivity contribution in [1.82, 2.24) is 4.57 Å². The first-order chi connectivity index (χ1) is 26.8. The predicted octanol–water partition coefficient (Wildman–Crippen LogP) is 7.80. The van der Waals surface area contributed by atoms with Gasteiger partial charge in [-0.1, -0.05) is 109 Å². The summed E-state index contributed by atoms with van der Waals surface area (Å²) in [7, 11) is 0. The van der Waals surface area contributed by atoms with Crippen molar-refractivity contribution in [2.24, 2.45) is 0 Å². The van der Waals surface area contributed by atoms with Crippen molar-refractivity contribution in [3.05, 3.63) is 176 Å². The first kappa shape index (κ1) is 28.6. The molecule has 0 amide bonds. The van der Waals surface area contributed by atoms with E-state index in [-0.39, 0.29) is 13.4 Å². The summed E-state index contributed by atoms with van der Waals surface area (Å²) in [5, 5.41) is 2.55. The van der Waals surface area contributed by atoms with Crippen LogP contribution in [0.1, 0.15) is 0 Å². The van der Waals surface area contributed by atoms with Gasteiger partial charge in [0, 0.05) is 44.9 Å². The van der Waals surface area contributed by atoms with E-state index in [1.807, 2.05) is 0 Å². The van der Waals surface area contributed by atoms with Crippen LogP contribution in [0.5, 0.6) is 11.5 Å². The highest BCUT2D eigenvalue weighted by molar-refractivity contribution is 7.03. The van der Waals surface area contributed by atoms with E-state index >= 15 is 0 Å². The molecular weight excluding hydrogens is 656 g/mol. The Bertz CT molecular complexity index is 3070. The lowest BCUT2D eigenvalue weighted by Crippen LogP contribution is -2.64. The fraction of sp³-hybridized carbons (Fsp3) is 0. The summed E-state index contributed by atoms with van der Waals surface area (Å²) in [5.41, 5.74) is 18.7. The van der Waals surface area contributed by atoms with Gasteiger partial charge in [0.15, 0.2) is 0 Å². The van der Waals surface area contributed by atoms with Gasteiger partial charge in [0.2, 0.25) is 0 Å². The molecule has 0 atom stereocenters. The summed E-state index contributed by atoms with van der Waals surface area (Å²) in [6.07, 6.45) is 0. The molecule has 0 aliphatic carbocycles. The summed E-state index contributed by atoms with van der Waals surface area (Å²) in [6, 6.07) is 64.5. The van der Waals surface area contributed by atoms with E-state index in [0.717, 1.165) is 28.6 Å². The molecule has 9 aromatic rings. The number of para-hydroxylation sites is 5. The van der Waals surface area contributed by atoms with Gasteiger partial charge < -0.3 is 19.1 Å². The Morgan fingerprint density at radius 2 is 1.00 bits per heavy atom. The minimum Gasteiger partial charge on any atom is -0.458 e. The molecule has 0 saturated heterocycles. The smallest absolute Gasteiger partial charge is 0.256 e. The quantitative estimate of drug-likeness (QED) is 0.173. The highest BCUT2D eigenvalue weighted by atomic mass is 16.5. The summed E-state index contributed by atoms with van der Waals surface area (Å²) in [4.78, 5) is 4.97. The molecule has 0 spiro atoms. The molecule has 0 saturated carbocycles. The molecule has 54 heavy (non-hydrogen) atoms. The molecule has 13 rings (SSSR count). The van der Waals surface area contributed by atoms with Gasteiger partial charge in [0.05, 0.1) is 16.7 Å². The summed E-state index contributed by atoms with van der Waals surface area (Å²) < 4.78 is 9.30. The maximum Gasteiger partial charge on any atom is 0.256 e. The first-order valence-electron chi connectivity index (χ1n) is 18.8. The second kappa shape index (κ2) is 10.4. The van der Waals surface area contributed by atoms with Crippen molar-refractivity contribution in [3.8, 4) is 17.2 Å². The van der Waals surface area contributed by atoms with E-state index in [1.54, 1.807) is 0 Å². The SMILES string of the molecule is c1ccc(N2c3ccccc3B3c4c2cccc4-n2c4ccccc4c4c5c(cc3c42)B2c3ccccc3Oc3cccc(c32)N5c2ccccc2)cc1. The normalized spacial score (nSPS) is 13.9. The Labute approximate surface area is 313 Å². The van der Waals surface area contributed by atoms with Crippen molar-refractivity contribution in [1.29, 1.82) is 0 Å². The van der Waals surface area contributed by atoms with Crippen molar-refractivity contribution in [2.45, 2.75) is 0 Å². The largest absolute Gasteiger partial charge is 0.458 e. The van der Waals surface area contributed by atoms with E-state index in [9.17, 15) is 0 Å². The van der Waals surface area contributed by atoms with Crippen molar-refractivity contribution >= 4 is 102 Å².